The molecule has 0 aromatic heterocycles. The smallest absolute Gasteiger partial charge is 0.264 e. The summed E-state index contributed by atoms with van der Waals surface area (Å²) in [6.07, 6.45) is 4.58. The third kappa shape index (κ3) is 4.14. The molecule has 2 bridgehead atoms. The number of rotatable bonds is 6. The molecule has 0 radical (unpaired) electrons. The maximum atomic E-state index is 13.4. The molecule has 2 aromatic carbocycles. The van der Waals surface area contributed by atoms with E-state index in [0.29, 0.717) is 22.5 Å². The first-order valence-corrected chi connectivity index (χ1v) is 11.8. The largest absolute Gasteiger partial charge is 0.352 e. The lowest BCUT2D eigenvalue weighted by Crippen LogP contribution is -2.46. The van der Waals surface area contributed by atoms with Crippen LogP contribution in [0.5, 0.6) is 0 Å². The molecule has 7 heteroatoms. The Balaban J connectivity index is 1.61. The number of fused-ring (bicyclic) bond motifs is 2. The Morgan fingerprint density at radius 1 is 1.10 bits per heavy atom. The van der Waals surface area contributed by atoms with Crippen molar-refractivity contribution in [2.75, 3.05) is 10.8 Å². The van der Waals surface area contributed by atoms with Gasteiger partial charge in [-0.2, -0.15) is 0 Å². The van der Waals surface area contributed by atoms with Crippen molar-refractivity contribution in [1.29, 1.82) is 0 Å². The van der Waals surface area contributed by atoms with Crippen molar-refractivity contribution in [2.24, 2.45) is 11.8 Å². The van der Waals surface area contributed by atoms with E-state index in [1.807, 2.05) is 19.1 Å². The Kier molecular flexibility index (Phi) is 5.58. The van der Waals surface area contributed by atoms with Gasteiger partial charge in [-0.15, -0.1) is 0 Å². The summed E-state index contributed by atoms with van der Waals surface area (Å²) < 4.78 is 28.0. The van der Waals surface area contributed by atoms with Gasteiger partial charge in [-0.25, -0.2) is 8.42 Å². The highest BCUT2D eigenvalue weighted by Gasteiger charge is 2.40. The third-order valence-electron chi connectivity index (χ3n) is 6.16. The minimum absolute atomic E-state index is 0.109. The molecule has 29 heavy (non-hydrogen) atoms. The molecule has 5 nitrogen and oxygen atoms in total. The number of hydrogen-bond donors (Lipinski definition) is 1. The van der Waals surface area contributed by atoms with E-state index in [-0.39, 0.29) is 23.4 Å². The number of anilines is 1. The molecule has 0 saturated heterocycles. The minimum Gasteiger partial charge on any atom is -0.352 e. The van der Waals surface area contributed by atoms with Gasteiger partial charge >= 0.3 is 0 Å². The van der Waals surface area contributed by atoms with E-state index in [9.17, 15) is 13.2 Å². The second-order valence-corrected chi connectivity index (χ2v) is 10.4. The zero-order valence-electron chi connectivity index (χ0n) is 16.3. The predicted molar refractivity (Wildman–Crippen MR) is 115 cm³/mol. The molecular weight excluding hydrogens is 408 g/mol. The Bertz CT molecular complexity index is 1010. The van der Waals surface area contributed by atoms with Crippen molar-refractivity contribution in [1.82, 2.24) is 5.32 Å². The Morgan fingerprint density at radius 2 is 1.83 bits per heavy atom. The Morgan fingerprint density at radius 3 is 2.45 bits per heavy atom. The van der Waals surface area contributed by atoms with Crippen LogP contribution in [0.25, 0.3) is 0 Å². The van der Waals surface area contributed by atoms with E-state index >= 15 is 0 Å². The predicted octanol–water partition coefficient (Wildman–Crippen LogP) is 4.15. The van der Waals surface area contributed by atoms with Crippen molar-refractivity contribution in [3.8, 4) is 0 Å². The number of benzene rings is 2. The van der Waals surface area contributed by atoms with Crippen molar-refractivity contribution in [3.05, 3.63) is 59.1 Å². The number of aryl methyl sites for hydroxylation is 1. The van der Waals surface area contributed by atoms with Gasteiger partial charge in [0.2, 0.25) is 5.91 Å². The molecule has 0 spiro atoms. The molecule has 2 aromatic rings. The molecule has 154 valence electrons. The third-order valence-corrected chi connectivity index (χ3v) is 8.18. The summed E-state index contributed by atoms with van der Waals surface area (Å²) in [5.74, 6) is 0.975. The van der Waals surface area contributed by atoms with E-state index in [1.54, 1.807) is 24.3 Å². The number of sulfonamides is 1. The lowest BCUT2D eigenvalue weighted by atomic mass is 9.95. The van der Waals surface area contributed by atoms with E-state index in [0.717, 1.165) is 18.4 Å². The fourth-order valence-electron chi connectivity index (χ4n) is 4.68. The SMILES string of the molecule is Cc1ccccc1N(CC(=O)N[C@@H]1C[C@H]2CC[C@@H]1C2)S(=O)(=O)c1ccc(Cl)cc1. The number of hydrogen-bond acceptors (Lipinski definition) is 3. The summed E-state index contributed by atoms with van der Waals surface area (Å²) >= 11 is 5.92. The second-order valence-electron chi connectivity index (χ2n) is 8.10. The summed E-state index contributed by atoms with van der Waals surface area (Å²) in [7, 11) is -3.92. The van der Waals surface area contributed by atoms with Crippen molar-refractivity contribution >= 4 is 33.2 Å². The molecule has 1 amide bonds. The number of nitrogens with zero attached hydrogens (tertiary/aromatic N) is 1. The normalized spacial score (nSPS) is 23.2. The number of para-hydroxylation sites is 1. The van der Waals surface area contributed by atoms with Gasteiger partial charge in [0.15, 0.2) is 0 Å². The van der Waals surface area contributed by atoms with Gasteiger partial charge in [0.1, 0.15) is 6.54 Å². The minimum atomic E-state index is -3.92. The summed E-state index contributed by atoms with van der Waals surface area (Å²) in [6.45, 7) is 1.59. The number of halogens is 1. The Labute approximate surface area is 177 Å². The molecule has 0 unspecified atom stereocenters. The highest BCUT2D eigenvalue weighted by atomic mass is 35.5. The van der Waals surface area contributed by atoms with Crippen molar-refractivity contribution in [3.63, 3.8) is 0 Å². The standard InChI is InChI=1S/C22H25ClN2O3S/c1-15-4-2-3-5-21(15)25(29(27,28)19-10-8-18(23)9-11-19)14-22(26)24-20-13-16-6-7-17(20)12-16/h2-5,8-11,16-17,20H,6-7,12-14H2,1H3,(H,24,26)/t16-,17+,20+/m0/s1. The van der Waals surface area contributed by atoms with Crippen molar-refractivity contribution in [2.45, 2.75) is 43.5 Å². The van der Waals surface area contributed by atoms with Gasteiger partial charge < -0.3 is 5.32 Å². The molecule has 1 N–H and O–H groups in total. The van der Waals surface area contributed by atoms with Crippen molar-refractivity contribution < 1.29 is 13.2 Å². The Hall–Kier alpha value is -2.05. The van der Waals surface area contributed by atoms with Crippen LogP contribution in [0.2, 0.25) is 5.02 Å². The second kappa shape index (κ2) is 8.00. The van der Waals surface area contributed by atoms with Gasteiger partial charge in [0.25, 0.3) is 10.0 Å². The van der Waals surface area contributed by atoms with Crippen LogP contribution in [-0.4, -0.2) is 26.9 Å². The maximum absolute atomic E-state index is 13.4. The van der Waals surface area contributed by atoms with Crippen LogP contribution in [0.4, 0.5) is 5.69 Å². The fraction of sp³-hybridized carbons (Fsp3) is 0.409. The fourth-order valence-corrected chi connectivity index (χ4v) is 6.29. The van der Waals surface area contributed by atoms with Crippen LogP contribution < -0.4 is 9.62 Å². The van der Waals surface area contributed by atoms with Crippen LogP contribution in [0.15, 0.2) is 53.4 Å². The van der Waals surface area contributed by atoms with Crippen LogP contribution in [-0.2, 0) is 14.8 Å². The first kappa shape index (κ1) is 20.2. The number of amides is 1. The van der Waals surface area contributed by atoms with Gasteiger partial charge in [-0.1, -0.05) is 36.2 Å². The summed E-state index contributed by atoms with van der Waals surface area (Å²) in [6, 6.07) is 13.4. The average Bonchev–Trinajstić information content (AvgIpc) is 3.30. The first-order chi connectivity index (χ1) is 13.8. The summed E-state index contributed by atoms with van der Waals surface area (Å²) in [5.41, 5.74) is 1.29. The molecule has 2 aliphatic rings. The number of carbonyl (C=O) groups excluding carboxylic acids is 1. The lowest BCUT2D eigenvalue weighted by Gasteiger charge is -2.28. The molecule has 2 aliphatic carbocycles. The monoisotopic (exact) mass is 432 g/mol. The number of carbonyl (C=O) groups is 1. The first-order valence-electron chi connectivity index (χ1n) is 9.98. The van der Waals surface area contributed by atoms with Crippen LogP contribution >= 0.6 is 11.6 Å². The molecule has 0 heterocycles. The summed E-state index contributed by atoms with van der Waals surface area (Å²) in [4.78, 5) is 13.0. The van der Waals surface area contributed by atoms with E-state index in [2.05, 4.69) is 5.32 Å². The molecule has 2 saturated carbocycles. The summed E-state index contributed by atoms with van der Waals surface area (Å²) in [5, 5.41) is 3.56. The van der Waals surface area contributed by atoms with Gasteiger partial charge in [-0.3, -0.25) is 9.10 Å². The highest BCUT2D eigenvalue weighted by molar-refractivity contribution is 7.92. The van der Waals surface area contributed by atoms with Gasteiger partial charge in [0, 0.05) is 11.1 Å². The molecule has 2 fully saturated rings. The van der Waals surface area contributed by atoms with Crippen LogP contribution in [0, 0.1) is 18.8 Å². The van der Waals surface area contributed by atoms with Crippen LogP contribution in [0.1, 0.15) is 31.2 Å². The molecule has 4 rings (SSSR count). The molecule has 3 atom stereocenters. The zero-order chi connectivity index (χ0) is 20.6. The van der Waals surface area contributed by atoms with Crippen LogP contribution in [0.3, 0.4) is 0 Å². The highest BCUT2D eigenvalue weighted by Crippen LogP contribution is 2.44. The van der Waals surface area contributed by atoms with E-state index in [4.69, 9.17) is 11.6 Å². The van der Waals surface area contributed by atoms with Gasteiger partial charge in [-0.05, 0) is 73.9 Å². The quantitative estimate of drug-likeness (QED) is 0.745. The van der Waals surface area contributed by atoms with Gasteiger partial charge in [0.05, 0.1) is 10.6 Å². The molecule has 0 aliphatic heterocycles. The average molecular weight is 433 g/mol. The zero-order valence-corrected chi connectivity index (χ0v) is 17.9. The molecular formula is C22H25ClN2O3S. The maximum Gasteiger partial charge on any atom is 0.264 e. The lowest BCUT2D eigenvalue weighted by molar-refractivity contribution is -0.120. The van der Waals surface area contributed by atoms with E-state index in [1.165, 1.54) is 29.3 Å². The number of nitrogens with one attached hydrogen (secondary N) is 1. The van der Waals surface area contributed by atoms with E-state index < -0.39 is 10.0 Å². The topological polar surface area (TPSA) is 66.5 Å².